The molecule has 0 fully saturated rings. The van der Waals surface area contributed by atoms with Gasteiger partial charge in [0.05, 0.1) is 36.9 Å². The molecule has 10 heteroatoms. The van der Waals surface area contributed by atoms with Crippen LogP contribution in [0.25, 0.3) is 11.4 Å². The number of rotatable bonds is 6. The molecule has 30 heavy (non-hydrogen) atoms. The number of para-hydroxylation sites is 2. The topological polar surface area (TPSA) is 109 Å². The van der Waals surface area contributed by atoms with Gasteiger partial charge in [0.2, 0.25) is 17.0 Å². The smallest absolute Gasteiger partial charge is 0.244 e. The number of hydrogen-bond donors (Lipinski definition) is 2. The summed E-state index contributed by atoms with van der Waals surface area (Å²) in [5.41, 5.74) is 2.03. The van der Waals surface area contributed by atoms with Crippen molar-refractivity contribution in [2.75, 3.05) is 36.7 Å². The van der Waals surface area contributed by atoms with Gasteiger partial charge in [-0.2, -0.15) is 0 Å². The number of aromatic amines is 1. The van der Waals surface area contributed by atoms with Gasteiger partial charge < -0.3 is 19.7 Å². The first-order valence-electron chi connectivity index (χ1n) is 9.06. The molecule has 154 valence electrons. The number of amides is 2. The number of H-pyrrole nitrogens is 1. The quantitative estimate of drug-likeness (QED) is 0.584. The summed E-state index contributed by atoms with van der Waals surface area (Å²) in [7, 11) is 3.15. The van der Waals surface area contributed by atoms with Gasteiger partial charge in [-0.05, 0) is 24.3 Å². The molecule has 0 spiro atoms. The lowest BCUT2D eigenvalue weighted by atomic mass is 10.2. The van der Waals surface area contributed by atoms with E-state index in [0.29, 0.717) is 33.9 Å². The molecule has 1 aliphatic rings. The molecule has 2 N–H and O–H groups in total. The molecule has 0 atom stereocenters. The van der Waals surface area contributed by atoms with E-state index in [0.717, 1.165) is 5.56 Å². The third-order valence-electron chi connectivity index (χ3n) is 4.53. The Morgan fingerprint density at radius 2 is 2.03 bits per heavy atom. The van der Waals surface area contributed by atoms with Crippen LogP contribution >= 0.6 is 11.8 Å². The second-order valence-corrected chi connectivity index (χ2v) is 7.31. The van der Waals surface area contributed by atoms with Crippen LogP contribution in [0.5, 0.6) is 11.5 Å². The molecule has 1 aliphatic heterocycles. The van der Waals surface area contributed by atoms with E-state index < -0.39 is 0 Å². The summed E-state index contributed by atoms with van der Waals surface area (Å²) in [4.78, 5) is 30.6. The summed E-state index contributed by atoms with van der Waals surface area (Å²) in [6.45, 7) is -0.0152. The average Bonchev–Trinajstić information content (AvgIpc) is 3.25. The van der Waals surface area contributed by atoms with E-state index in [1.807, 2.05) is 18.2 Å². The fraction of sp³-hybridized carbons (Fsp3) is 0.200. The number of anilines is 2. The summed E-state index contributed by atoms with van der Waals surface area (Å²) in [5.74, 6) is 1.45. The van der Waals surface area contributed by atoms with Gasteiger partial charge >= 0.3 is 0 Å². The number of methoxy groups -OCH3 is 2. The third kappa shape index (κ3) is 3.94. The molecule has 4 rings (SSSR count). The number of fused-ring (bicyclic) bond motifs is 1. The zero-order chi connectivity index (χ0) is 21.1. The Bertz CT molecular complexity index is 1100. The van der Waals surface area contributed by atoms with Crippen LogP contribution in [0, 0.1) is 0 Å². The third-order valence-corrected chi connectivity index (χ3v) is 5.36. The molecule has 0 unspecified atom stereocenters. The predicted octanol–water partition coefficient (Wildman–Crippen LogP) is 2.57. The molecule has 0 bridgehead atoms. The van der Waals surface area contributed by atoms with Gasteiger partial charge in [0.15, 0.2) is 5.82 Å². The van der Waals surface area contributed by atoms with Crippen molar-refractivity contribution >= 4 is 35.0 Å². The summed E-state index contributed by atoms with van der Waals surface area (Å²) in [6, 6.07) is 12.6. The van der Waals surface area contributed by atoms with Crippen molar-refractivity contribution < 1.29 is 19.1 Å². The first-order chi connectivity index (χ1) is 14.6. The van der Waals surface area contributed by atoms with Crippen LogP contribution < -0.4 is 19.7 Å². The van der Waals surface area contributed by atoms with Gasteiger partial charge in [-0.1, -0.05) is 23.9 Å². The maximum Gasteiger partial charge on any atom is 0.244 e. The summed E-state index contributed by atoms with van der Waals surface area (Å²) in [5, 5.41) is 10.2. The van der Waals surface area contributed by atoms with E-state index >= 15 is 0 Å². The van der Waals surface area contributed by atoms with Crippen molar-refractivity contribution in [1.82, 2.24) is 15.2 Å². The number of carbonyl (C=O) groups is 2. The standard InChI is InChI=1S/C20H19N5O4S/c1-28-12-7-8-13(16(9-12)29-2)19-22-20(24-23-19)30-11-18(27)25-10-17(26)21-14-5-3-4-6-15(14)25/h3-9H,10-11H2,1-2H3,(H,21,26)(H,22,23,24). The Morgan fingerprint density at radius 3 is 2.83 bits per heavy atom. The average molecular weight is 425 g/mol. The number of thioether (sulfide) groups is 1. The molecule has 2 amide bonds. The number of nitrogens with zero attached hydrogens (tertiary/aromatic N) is 3. The fourth-order valence-electron chi connectivity index (χ4n) is 3.09. The van der Waals surface area contributed by atoms with E-state index in [9.17, 15) is 9.59 Å². The Kier molecular flexibility index (Phi) is 5.57. The van der Waals surface area contributed by atoms with Crippen LogP contribution in [0.15, 0.2) is 47.6 Å². The summed E-state index contributed by atoms with van der Waals surface area (Å²) >= 11 is 1.19. The molecule has 2 heterocycles. The van der Waals surface area contributed by atoms with E-state index in [1.165, 1.54) is 16.7 Å². The lowest BCUT2D eigenvalue weighted by molar-refractivity contribution is -0.120. The fourth-order valence-corrected chi connectivity index (χ4v) is 3.76. The highest BCUT2D eigenvalue weighted by Gasteiger charge is 2.26. The van der Waals surface area contributed by atoms with Crippen molar-refractivity contribution in [3.05, 3.63) is 42.5 Å². The summed E-state index contributed by atoms with van der Waals surface area (Å²) in [6.07, 6.45) is 0. The highest BCUT2D eigenvalue weighted by molar-refractivity contribution is 7.99. The second kappa shape index (κ2) is 8.46. The molecule has 0 radical (unpaired) electrons. The molecule has 2 aromatic carbocycles. The van der Waals surface area contributed by atoms with Crippen molar-refractivity contribution in [2.24, 2.45) is 0 Å². The van der Waals surface area contributed by atoms with Crippen LogP contribution in [0.1, 0.15) is 0 Å². The van der Waals surface area contributed by atoms with Crippen LogP contribution in [0.3, 0.4) is 0 Å². The minimum atomic E-state index is -0.223. The van der Waals surface area contributed by atoms with Gasteiger partial charge in [-0.3, -0.25) is 14.7 Å². The summed E-state index contributed by atoms with van der Waals surface area (Å²) < 4.78 is 10.6. The van der Waals surface area contributed by atoms with Crippen LogP contribution in [-0.2, 0) is 9.59 Å². The molecule has 9 nitrogen and oxygen atoms in total. The Hall–Kier alpha value is -3.53. The Labute approximate surface area is 176 Å². The van der Waals surface area contributed by atoms with E-state index in [1.54, 1.807) is 38.5 Å². The van der Waals surface area contributed by atoms with Crippen molar-refractivity contribution in [1.29, 1.82) is 0 Å². The minimum Gasteiger partial charge on any atom is -0.497 e. The van der Waals surface area contributed by atoms with Gasteiger partial charge in [0.1, 0.15) is 18.0 Å². The number of nitrogens with one attached hydrogen (secondary N) is 2. The van der Waals surface area contributed by atoms with Crippen LogP contribution in [0.2, 0.25) is 0 Å². The highest BCUT2D eigenvalue weighted by Crippen LogP contribution is 2.33. The molecule has 0 aliphatic carbocycles. The van der Waals surface area contributed by atoms with Crippen LogP contribution in [-0.4, -0.2) is 53.5 Å². The molecule has 0 saturated heterocycles. The van der Waals surface area contributed by atoms with E-state index in [4.69, 9.17) is 9.47 Å². The number of aromatic nitrogens is 3. The maximum absolute atomic E-state index is 12.8. The number of hydrogen-bond acceptors (Lipinski definition) is 7. The highest BCUT2D eigenvalue weighted by atomic mass is 32.2. The van der Waals surface area contributed by atoms with E-state index in [-0.39, 0.29) is 24.1 Å². The number of benzene rings is 2. The first-order valence-corrected chi connectivity index (χ1v) is 10.0. The Balaban J connectivity index is 1.47. The van der Waals surface area contributed by atoms with Crippen molar-refractivity contribution in [2.45, 2.75) is 5.16 Å². The van der Waals surface area contributed by atoms with E-state index in [2.05, 4.69) is 20.5 Å². The number of ether oxygens (including phenoxy) is 2. The van der Waals surface area contributed by atoms with Crippen LogP contribution in [0.4, 0.5) is 11.4 Å². The molecule has 0 saturated carbocycles. The monoisotopic (exact) mass is 425 g/mol. The normalized spacial score (nSPS) is 12.9. The SMILES string of the molecule is COc1ccc(-c2nc(SCC(=O)N3CC(=O)Nc4ccccc43)n[nH]2)c(OC)c1. The predicted molar refractivity (Wildman–Crippen MR) is 113 cm³/mol. The minimum absolute atomic E-state index is 0.0152. The zero-order valence-electron chi connectivity index (χ0n) is 16.3. The largest absolute Gasteiger partial charge is 0.497 e. The van der Waals surface area contributed by atoms with Gasteiger partial charge in [0, 0.05) is 6.07 Å². The second-order valence-electron chi connectivity index (χ2n) is 6.37. The first kappa shape index (κ1) is 19.8. The van der Waals surface area contributed by atoms with Gasteiger partial charge in [-0.25, -0.2) is 4.98 Å². The molecule has 1 aromatic heterocycles. The molecule has 3 aromatic rings. The van der Waals surface area contributed by atoms with Crippen molar-refractivity contribution in [3.8, 4) is 22.9 Å². The zero-order valence-corrected chi connectivity index (χ0v) is 17.2. The van der Waals surface area contributed by atoms with Gasteiger partial charge in [-0.15, -0.1) is 5.10 Å². The maximum atomic E-state index is 12.8. The van der Waals surface area contributed by atoms with Crippen molar-refractivity contribution in [3.63, 3.8) is 0 Å². The lowest BCUT2D eigenvalue weighted by Gasteiger charge is -2.28. The number of carbonyl (C=O) groups excluding carboxylic acids is 2. The molecular formula is C20H19N5O4S. The lowest BCUT2D eigenvalue weighted by Crippen LogP contribution is -2.43. The molecular weight excluding hydrogens is 406 g/mol. The Morgan fingerprint density at radius 1 is 1.20 bits per heavy atom. The van der Waals surface area contributed by atoms with Gasteiger partial charge in [0.25, 0.3) is 0 Å².